The Morgan fingerprint density at radius 3 is 1.28 bits per heavy atom. The second-order valence-electron chi connectivity index (χ2n) is 5.73. The molecule has 0 radical (unpaired) electrons. The Morgan fingerprint density at radius 1 is 0.552 bits per heavy atom. The van der Waals surface area contributed by atoms with Crippen molar-refractivity contribution in [3.63, 3.8) is 0 Å². The molecule has 0 spiro atoms. The Bertz CT molecular complexity index is 496. The first kappa shape index (κ1) is 28.3. The van der Waals surface area contributed by atoms with Crippen LogP contribution < -0.4 is 0 Å². The molecule has 8 nitrogen and oxygen atoms in total. The van der Waals surface area contributed by atoms with Crippen LogP contribution in [-0.2, 0) is 38.1 Å². The minimum Gasteiger partial charge on any atom is -0.465 e. The lowest BCUT2D eigenvalue weighted by Gasteiger charge is -2.26. The fraction of sp³-hybridized carbons (Fsp3) is 0.765. The molecule has 0 heterocycles. The van der Waals surface area contributed by atoms with Gasteiger partial charge in [0.25, 0.3) is 0 Å². The van der Waals surface area contributed by atoms with Gasteiger partial charge in [-0.15, -0.1) is 0 Å². The first-order chi connectivity index (χ1) is 13.9. The number of rotatable bonds is 16. The molecule has 0 aromatic heterocycles. The Hall–Kier alpha value is -0.720. The summed E-state index contributed by atoms with van der Waals surface area (Å²) in [6.45, 7) is -0.656. The number of carbonyl (C=O) groups excluding carboxylic acids is 4. The fourth-order valence-corrected chi connectivity index (χ4v) is 2.64. The van der Waals surface area contributed by atoms with Crippen LogP contribution in [0.5, 0.6) is 0 Å². The molecule has 0 aliphatic heterocycles. The van der Waals surface area contributed by atoms with Crippen molar-refractivity contribution in [2.75, 3.05) is 42.8 Å². The van der Waals surface area contributed by atoms with Gasteiger partial charge in [-0.25, -0.2) is 0 Å². The first-order valence-corrected chi connectivity index (χ1v) is 11.5. The van der Waals surface area contributed by atoms with E-state index >= 15 is 0 Å². The van der Waals surface area contributed by atoms with E-state index in [2.05, 4.69) is 50.5 Å². The van der Waals surface area contributed by atoms with Crippen molar-refractivity contribution in [3.8, 4) is 0 Å². The maximum Gasteiger partial charge on any atom is 0.307 e. The number of carbonyl (C=O) groups is 4. The summed E-state index contributed by atoms with van der Waals surface area (Å²) in [4.78, 5) is 47.0. The van der Waals surface area contributed by atoms with Crippen LogP contribution in [0.1, 0.15) is 25.7 Å². The van der Waals surface area contributed by atoms with Crippen LogP contribution in [-0.4, -0.2) is 72.8 Å². The molecule has 0 aromatic carbocycles. The summed E-state index contributed by atoms with van der Waals surface area (Å²) in [5.41, 5.74) is 0. The van der Waals surface area contributed by atoms with Crippen molar-refractivity contribution in [1.29, 1.82) is 0 Å². The lowest BCUT2D eigenvalue weighted by molar-refractivity contribution is -0.169. The lowest BCUT2D eigenvalue weighted by Crippen LogP contribution is -2.38. The lowest BCUT2D eigenvalue weighted by atomic mass is 10.0. The summed E-state index contributed by atoms with van der Waals surface area (Å²) in [5, 5.41) is 0. The van der Waals surface area contributed by atoms with Gasteiger partial charge in [-0.2, -0.15) is 50.5 Å². The molecule has 168 valence electrons. The number of esters is 4. The van der Waals surface area contributed by atoms with E-state index in [4.69, 9.17) is 18.9 Å². The zero-order chi connectivity index (χ0) is 22.1. The van der Waals surface area contributed by atoms with E-state index in [0.29, 0.717) is 17.3 Å². The highest BCUT2D eigenvalue weighted by Gasteiger charge is 2.29. The van der Waals surface area contributed by atoms with Gasteiger partial charge in [-0.3, -0.25) is 19.2 Å². The fourth-order valence-electron chi connectivity index (χ4n) is 1.91. The van der Waals surface area contributed by atoms with Gasteiger partial charge in [0.15, 0.2) is 0 Å². The molecule has 0 amide bonds. The summed E-state index contributed by atoms with van der Waals surface area (Å²) in [7, 11) is 0. The van der Waals surface area contributed by atoms with Crippen LogP contribution in [0.2, 0.25) is 0 Å². The number of hydrogen-bond acceptors (Lipinski definition) is 12. The van der Waals surface area contributed by atoms with E-state index in [-0.39, 0.29) is 51.3 Å². The molecule has 0 bridgehead atoms. The Morgan fingerprint density at radius 2 is 0.897 bits per heavy atom. The van der Waals surface area contributed by atoms with Crippen LogP contribution in [0.15, 0.2) is 0 Å². The zero-order valence-corrected chi connectivity index (χ0v) is 19.6. The second-order valence-corrected chi connectivity index (χ2v) is 7.52. The molecule has 29 heavy (non-hydrogen) atoms. The standard InChI is InChI=1S/C17H28O8S4/c18-14(1-5-26)22-9-12(10-23-15(19)2-6-27)13(25-17(21)4-8-29)11-24-16(20)3-7-28/h12-13,26-29H,1-11H2. The van der Waals surface area contributed by atoms with Gasteiger partial charge >= 0.3 is 23.9 Å². The molecule has 1 atom stereocenters. The molecule has 0 saturated carbocycles. The van der Waals surface area contributed by atoms with E-state index in [1.807, 2.05) is 0 Å². The van der Waals surface area contributed by atoms with Gasteiger partial charge in [-0.1, -0.05) is 0 Å². The van der Waals surface area contributed by atoms with Crippen LogP contribution in [0.3, 0.4) is 0 Å². The summed E-state index contributed by atoms with van der Waals surface area (Å²) in [6.07, 6.45) is -0.666. The summed E-state index contributed by atoms with van der Waals surface area (Å²) in [5.74, 6) is -1.63. The monoisotopic (exact) mass is 488 g/mol. The summed E-state index contributed by atoms with van der Waals surface area (Å²) >= 11 is 15.9. The molecule has 12 heteroatoms. The Kier molecular flexibility index (Phi) is 17.6. The predicted octanol–water partition coefficient (Wildman–Crippen LogP) is 1.42. The molecule has 0 fully saturated rings. The highest BCUT2D eigenvalue weighted by molar-refractivity contribution is 7.80. The number of ether oxygens (including phenoxy) is 4. The third-order valence-electron chi connectivity index (χ3n) is 3.40. The van der Waals surface area contributed by atoms with Crippen LogP contribution in [0.25, 0.3) is 0 Å². The number of hydrogen-bond donors (Lipinski definition) is 4. The molecule has 0 N–H and O–H groups in total. The smallest absolute Gasteiger partial charge is 0.307 e. The zero-order valence-electron chi connectivity index (χ0n) is 16.0. The molecular weight excluding hydrogens is 460 g/mol. The van der Waals surface area contributed by atoms with Crippen molar-refractivity contribution in [1.82, 2.24) is 0 Å². The average molecular weight is 489 g/mol. The minimum atomic E-state index is -0.973. The van der Waals surface area contributed by atoms with Crippen LogP contribution in [0, 0.1) is 5.92 Å². The largest absolute Gasteiger partial charge is 0.465 e. The molecule has 0 saturated heterocycles. The van der Waals surface area contributed by atoms with Crippen molar-refractivity contribution in [2.45, 2.75) is 31.8 Å². The predicted molar refractivity (Wildman–Crippen MR) is 120 cm³/mol. The third-order valence-corrected chi connectivity index (χ3v) is 4.29. The normalized spacial score (nSPS) is 11.6. The van der Waals surface area contributed by atoms with Gasteiger partial charge in [0.05, 0.1) is 31.6 Å². The van der Waals surface area contributed by atoms with Gasteiger partial charge in [0.1, 0.15) is 25.9 Å². The Balaban J connectivity index is 5.21. The second kappa shape index (κ2) is 18.1. The van der Waals surface area contributed by atoms with E-state index in [1.54, 1.807) is 0 Å². The summed E-state index contributed by atoms with van der Waals surface area (Å²) < 4.78 is 20.8. The van der Waals surface area contributed by atoms with Crippen molar-refractivity contribution < 1.29 is 38.1 Å². The van der Waals surface area contributed by atoms with Crippen molar-refractivity contribution in [3.05, 3.63) is 0 Å². The van der Waals surface area contributed by atoms with Gasteiger partial charge in [-0.05, 0) is 0 Å². The Labute approximate surface area is 192 Å². The maximum absolute atomic E-state index is 12.0. The third kappa shape index (κ3) is 14.8. The molecule has 0 rings (SSSR count). The molecule has 1 unspecified atom stereocenters. The van der Waals surface area contributed by atoms with Gasteiger partial charge in [0.2, 0.25) is 0 Å². The molecular formula is C17H28O8S4. The maximum atomic E-state index is 12.0. The van der Waals surface area contributed by atoms with Crippen molar-refractivity contribution in [2.24, 2.45) is 5.92 Å². The highest BCUT2D eigenvalue weighted by Crippen LogP contribution is 2.14. The SMILES string of the molecule is O=C(CCS)OCC(COC(=O)CCS)C(COC(=O)CCS)OC(=O)CCS. The molecule has 0 aromatic rings. The number of thiol groups is 4. The van der Waals surface area contributed by atoms with Gasteiger partial charge in [0, 0.05) is 23.0 Å². The molecule has 0 aliphatic rings. The quantitative estimate of drug-likeness (QED) is 0.147. The average Bonchev–Trinajstić information content (AvgIpc) is 2.66. The van der Waals surface area contributed by atoms with Crippen LogP contribution >= 0.6 is 50.5 Å². The van der Waals surface area contributed by atoms with Crippen molar-refractivity contribution >= 4 is 74.4 Å². The van der Waals surface area contributed by atoms with E-state index in [9.17, 15) is 19.2 Å². The highest BCUT2D eigenvalue weighted by atomic mass is 32.1. The van der Waals surface area contributed by atoms with E-state index in [1.165, 1.54) is 0 Å². The van der Waals surface area contributed by atoms with Gasteiger partial charge < -0.3 is 18.9 Å². The summed E-state index contributed by atoms with van der Waals surface area (Å²) in [6, 6.07) is 0. The first-order valence-electron chi connectivity index (χ1n) is 8.97. The van der Waals surface area contributed by atoms with E-state index < -0.39 is 35.9 Å². The molecule has 0 aliphatic carbocycles. The topological polar surface area (TPSA) is 105 Å². The van der Waals surface area contributed by atoms with Crippen LogP contribution in [0.4, 0.5) is 0 Å². The minimum absolute atomic E-state index is 0.0375. The van der Waals surface area contributed by atoms with E-state index in [0.717, 1.165) is 0 Å².